The van der Waals surface area contributed by atoms with Crippen LogP contribution in [0.1, 0.15) is 24.8 Å². The summed E-state index contributed by atoms with van der Waals surface area (Å²) in [5.41, 5.74) is -1.36. The molecule has 1 aromatic carbocycles. The number of benzene rings is 1. The summed E-state index contributed by atoms with van der Waals surface area (Å²) in [4.78, 5) is 37.3. The van der Waals surface area contributed by atoms with Gasteiger partial charge in [0.2, 0.25) is 0 Å². The zero-order chi connectivity index (χ0) is 19.6. The Hall–Kier alpha value is -2.61. The van der Waals surface area contributed by atoms with Crippen molar-refractivity contribution < 1.29 is 38.8 Å². The fourth-order valence-corrected chi connectivity index (χ4v) is 3.57. The molecule has 26 heavy (non-hydrogen) atoms. The van der Waals surface area contributed by atoms with E-state index in [0.29, 0.717) is 5.56 Å². The summed E-state index contributed by atoms with van der Waals surface area (Å²) in [6, 6.07) is 4.20. The van der Waals surface area contributed by atoms with Crippen molar-refractivity contribution >= 4 is 17.7 Å². The van der Waals surface area contributed by atoms with Crippen molar-refractivity contribution in [1.82, 2.24) is 0 Å². The monoisotopic (exact) mass is 366 g/mol. The van der Waals surface area contributed by atoms with Crippen molar-refractivity contribution in [3.05, 3.63) is 23.8 Å². The van der Waals surface area contributed by atoms with Gasteiger partial charge in [0, 0.05) is 12.3 Å². The maximum atomic E-state index is 12.6. The minimum absolute atomic E-state index is 0.104. The first kappa shape index (κ1) is 19.7. The fourth-order valence-electron chi connectivity index (χ4n) is 3.57. The zero-order valence-electron chi connectivity index (χ0n) is 15.0. The van der Waals surface area contributed by atoms with E-state index in [1.54, 1.807) is 0 Å². The Morgan fingerprint density at radius 3 is 2.31 bits per heavy atom. The molecule has 0 amide bonds. The van der Waals surface area contributed by atoms with E-state index in [0.717, 1.165) is 14.2 Å². The van der Waals surface area contributed by atoms with E-state index in [2.05, 4.69) is 0 Å². The highest BCUT2D eigenvalue weighted by molar-refractivity contribution is 6.02. The topological polar surface area (TPSA) is 119 Å². The van der Waals surface area contributed by atoms with Crippen LogP contribution >= 0.6 is 0 Å². The number of aromatic hydroxyl groups is 1. The van der Waals surface area contributed by atoms with Crippen LogP contribution in [-0.4, -0.2) is 54.9 Å². The second kappa shape index (κ2) is 7.33. The first-order valence-corrected chi connectivity index (χ1v) is 7.95. The lowest BCUT2D eigenvalue weighted by atomic mass is 9.61. The molecule has 4 atom stereocenters. The second-order valence-corrected chi connectivity index (χ2v) is 6.46. The molecule has 0 spiro atoms. The van der Waals surface area contributed by atoms with Gasteiger partial charge in [-0.1, -0.05) is 6.07 Å². The number of phenolic OH excluding ortho intramolecular Hbond substituents is 1. The van der Waals surface area contributed by atoms with Gasteiger partial charge in [-0.2, -0.15) is 0 Å². The van der Waals surface area contributed by atoms with Gasteiger partial charge >= 0.3 is 11.9 Å². The number of rotatable bonds is 4. The average molecular weight is 366 g/mol. The summed E-state index contributed by atoms with van der Waals surface area (Å²) in [6.45, 7) is 1.35. The molecule has 0 aromatic heterocycles. The van der Waals surface area contributed by atoms with Crippen molar-refractivity contribution in [2.45, 2.75) is 24.9 Å². The van der Waals surface area contributed by atoms with Crippen LogP contribution in [0, 0.1) is 11.8 Å². The minimum Gasteiger partial charge on any atom is -0.504 e. The smallest absolute Gasteiger partial charge is 0.316 e. The molecule has 0 radical (unpaired) electrons. The molecule has 0 heterocycles. The number of ketones is 1. The highest BCUT2D eigenvalue weighted by Crippen LogP contribution is 2.47. The van der Waals surface area contributed by atoms with Gasteiger partial charge in [-0.25, -0.2) is 0 Å². The molecule has 2 rings (SSSR count). The van der Waals surface area contributed by atoms with Crippen LogP contribution in [0.25, 0.3) is 0 Å². The van der Waals surface area contributed by atoms with Crippen LogP contribution in [0.2, 0.25) is 0 Å². The highest BCUT2D eigenvalue weighted by Gasteiger charge is 2.57. The van der Waals surface area contributed by atoms with Gasteiger partial charge in [0.25, 0.3) is 0 Å². The van der Waals surface area contributed by atoms with Gasteiger partial charge in [-0.15, -0.1) is 0 Å². The molecular formula is C18H22O8. The Morgan fingerprint density at radius 2 is 1.77 bits per heavy atom. The molecule has 1 saturated carbocycles. The Bertz CT molecular complexity index is 724. The molecule has 142 valence electrons. The summed E-state index contributed by atoms with van der Waals surface area (Å²) in [6.07, 6.45) is -0.391. The van der Waals surface area contributed by atoms with E-state index in [4.69, 9.17) is 14.2 Å². The highest BCUT2D eigenvalue weighted by atomic mass is 16.5. The SMILES string of the molecule is COC(=O)[C@@H]1C(=O)C[C@](C)(O)[C@@H](C(=O)OC)[C@@H]1c1ccc(O)c(OC)c1. The number of esters is 2. The summed E-state index contributed by atoms with van der Waals surface area (Å²) in [5.74, 6) is -5.67. The molecule has 1 fully saturated rings. The van der Waals surface area contributed by atoms with Gasteiger partial charge in [0.05, 0.1) is 32.8 Å². The number of carbonyl (C=O) groups is 3. The lowest BCUT2D eigenvalue weighted by Crippen LogP contribution is -2.55. The van der Waals surface area contributed by atoms with Crippen molar-refractivity contribution in [3.8, 4) is 11.5 Å². The van der Waals surface area contributed by atoms with Gasteiger partial charge in [0.1, 0.15) is 5.92 Å². The lowest BCUT2D eigenvalue weighted by Gasteiger charge is -2.43. The molecule has 0 bridgehead atoms. The number of Topliss-reactive ketones (excluding diaryl/α,β-unsaturated/α-hetero) is 1. The number of hydrogen-bond donors (Lipinski definition) is 2. The quantitative estimate of drug-likeness (QED) is 0.593. The standard InChI is InChI=1S/C18H22O8/c1-18(23)8-11(20)14(16(21)25-3)13(15(18)17(22)26-4)9-5-6-10(19)12(7-9)24-2/h5-7,13-15,19,23H,8H2,1-4H3/t13-,14-,15-,18+/m1/s1. The van der Waals surface area contributed by atoms with Crippen LogP contribution in [0.4, 0.5) is 0 Å². The Kier molecular flexibility index (Phi) is 5.56. The van der Waals surface area contributed by atoms with E-state index in [9.17, 15) is 24.6 Å². The van der Waals surface area contributed by atoms with E-state index in [-0.39, 0.29) is 11.5 Å². The Balaban J connectivity index is 2.69. The zero-order valence-corrected chi connectivity index (χ0v) is 15.0. The number of aliphatic hydroxyl groups is 1. The Morgan fingerprint density at radius 1 is 1.15 bits per heavy atom. The average Bonchev–Trinajstić information content (AvgIpc) is 2.59. The molecule has 1 aromatic rings. The Labute approximate surface area is 150 Å². The fraction of sp³-hybridized carbons (Fsp3) is 0.500. The molecule has 8 heteroatoms. The summed E-state index contributed by atoms with van der Waals surface area (Å²) >= 11 is 0. The third kappa shape index (κ3) is 3.37. The summed E-state index contributed by atoms with van der Waals surface area (Å²) < 4.78 is 14.6. The number of methoxy groups -OCH3 is 3. The summed E-state index contributed by atoms with van der Waals surface area (Å²) in [7, 11) is 3.65. The molecule has 0 aliphatic heterocycles. The molecule has 8 nitrogen and oxygen atoms in total. The maximum Gasteiger partial charge on any atom is 0.316 e. The predicted octanol–water partition coefficient (Wildman–Crippen LogP) is 0.787. The minimum atomic E-state index is -1.72. The molecule has 0 saturated heterocycles. The van der Waals surface area contributed by atoms with E-state index in [1.165, 1.54) is 32.2 Å². The van der Waals surface area contributed by atoms with Gasteiger partial charge in [-0.3, -0.25) is 14.4 Å². The van der Waals surface area contributed by atoms with Crippen molar-refractivity contribution in [3.63, 3.8) is 0 Å². The van der Waals surface area contributed by atoms with Crippen LogP contribution in [0.3, 0.4) is 0 Å². The molecule has 1 aliphatic rings. The number of phenols is 1. The second-order valence-electron chi connectivity index (χ2n) is 6.46. The van der Waals surface area contributed by atoms with Crippen molar-refractivity contribution in [1.29, 1.82) is 0 Å². The van der Waals surface area contributed by atoms with E-state index >= 15 is 0 Å². The summed E-state index contributed by atoms with van der Waals surface area (Å²) in [5, 5.41) is 20.5. The van der Waals surface area contributed by atoms with Gasteiger partial charge in [-0.05, 0) is 24.6 Å². The maximum absolute atomic E-state index is 12.6. The number of carbonyl (C=O) groups excluding carboxylic acids is 3. The van der Waals surface area contributed by atoms with E-state index in [1.807, 2.05) is 0 Å². The third-order valence-corrected chi connectivity index (χ3v) is 4.77. The van der Waals surface area contributed by atoms with Crippen molar-refractivity contribution in [2.24, 2.45) is 11.8 Å². The molecular weight excluding hydrogens is 344 g/mol. The van der Waals surface area contributed by atoms with Crippen molar-refractivity contribution in [2.75, 3.05) is 21.3 Å². The predicted molar refractivity (Wildman–Crippen MR) is 88.7 cm³/mol. The van der Waals surface area contributed by atoms with Gasteiger partial charge < -0.3 is 24.4 Å². The third-order valence-electron chi connectivity index (χ3n) is 4.77. The normalized spacial score (nSPS) is 28.3. The lowest BCUT2D eigenvalue weighted by molar-refractivity contribution is -0.170. The number of hydrogen-bond acceptors (Lipinski definition) is 8. The first-order chi connectivity index (χ1) is 12.2. The van der Waals surface area contributed by atoms with Crippen LogP contribution < -0.4 is 4.74 Å². The number of ether oxygens (including phenoxy) is 3. The van der Waals surface area contributed by atoms with E-state index < -0.39 is 47.5 Å². The van der Waals surface area contributed by atoms with Crippen LogP contribution in [0.15, 0.2) is 18.2 Å². The molecule has 2 N–H and O–H groups in total. The molecule has 0 unspecified atom stereocenters. The largest absolute Gasteiger partial charge is 0.504 e. The van der Waals surface area contributed by atoms with Gasteiger partial charge in [0.15, 0.2) is 17.3 Å². The first-order valence-electron chi connectivity index (χ1n) is 7.95. The van der Waals surface area contributed by atoms with Crippen LogP contribution in [-0.2, 0) is 23.9 Å². The molecule has 1 aliphatic carbocycles. The van der Waals surface area contributed by atoms with Crippen LogP contribution in [0.5, 0.6) is 11.5 Å².